The molecule has 0 bridgehead atoms. The third-order valence-electron chi connectivity index (χ3n) is 3.06. The third kappa shape index (κ3) is 5.32. The Morgan fingerprint density at radius 3 is 2.69 bits per heavy atom. The highest BCUT2D eigenvalue weighted by molar-refractivity contribution is 5.73. The van der Waals surface area contributed by atoms with E-state index in [9.17, 15) is 4.79 Å². The van der Waals surface area contributed by atoms with Crippen LogP contribution in [0.1, 0.15) is 19.3 Å². The Morgan fingerprint density at radius 2 is 2.06 bits per heavy atom. The van der Waals surface area contributed by atoms with Crippen LogP contribution in [0.25, 0.3) is 0 Å². The van der Waals surface area contributed by atoms with E-state index < -0.39 is 0 Å². The Balaban J connectivity index is 2.03. The van der Waals surface area contributed by atoms with Gasteiger partial charge in [-0.05, 0) is 51.9 Å². The predicted octanol–water partition coefficient (Wildman–Crippen LogP) is -0.0238. The molecule has 1 fully saturated rings. The van der Waals surface area contributed by atoms with Gasteiger partial charge in [-0.1, -0.05) is 0 Å². The molecular weight excluding hydrogens is 204 g/mol. The number of rotatable bonds is 5. The zero-order valence-corrected chi connectivity index (χ0v) is 10.2. The number of hydrogen-bond acceptors (Lipinski definition) is 3. The maximum absolute atomic E-state index is 11.4. The number of nitrogens with zero attached hydrogens (tertiary/aromatic N) is 1. The molecule has 0 aliphatic carbocycles. The Kier molecular flexibility index (Phi) is 6.18. The predicted molar refractivity (Wildman–Crippen MR) is 65.3 cm³/mol. The van der Waals surface area contributed by atoms with Crippen molar-refractivity contribution in [2.24, 2.45) is 11.7 Å². The van der Waals surface area contributed by atoms with E-state index in [-0.39, 0.29) is 6.03 Å². The lowest BCUT2D eigenvalue weighted by atomic mass is 9.97. The molecule has 16 heavy (non-hydrogen) atoms. The molecule has 2 amide bonds. The third-order valence-corrected chi connectivity index (χ3v) is 3.06. The Hall–Kier alpha value is -0.810. The highest BCUT2D eigenvalue weighted by atomic mass is 16.2. The highest BCUT2D eigenvalue weighted by Crippen LogP contribution is 2.14. The van der Waals surface area contributed by atoms with Gasteiger partial charge in [-0.15, -0.1) is 0 Å². The van der Waals surface area contributed by atoms with Crippen LogP contribution in [-0.4, -0.2) is 50.7 Å². The summed E-state index contributed by atoms with van der Waals surface area (Å²) >= 11 is 0. The molecule has 0 aromatic heterocycles. The first kappa shape index (κ1) is 13.3. The van der Waals surface area contributed by atoms with Crippen LogP contribution in [-0.2, 0) is 0 Å². The second-order valence-corrected chi connectivity index (χ2v) is 4.53. The van der Waals surface area contributed by atoms with Crippen LogP contribution in [0, 0.1) is 5.92 Å². The summed E-state index contributed by atoms with van der Waals surface area (Å²) in [7, 11) is 2.14. The summed E-state index contributed by atoms with van der Waals surface area (Å²) in [6.45, 7) is 4.36. The molecule has 0 aromatic carbocycles. The molecule has 0 aromatic rings. The first-order chi connectivity index (χ1) is 7.72. The van der Waals surface area contributed by atoms with Gasteiger partial charge in [-0.25, -0.2) is 4.79 Å². The van der Waals surface area contributed by atoms with Crippen molar-refractivity contribution < 1.29 is 4.79 Å². The molecule has 4 N–H and O–H groups in total. The summed E-state index contributed by atoms with van der Waals surface area (Å²) in [5.41, 5.74) is 5.34. The van der Waals surface area contributed by atoms with Crippen LogP contribution in [0.4, 0.5) is 4.79 Å². The number of carbonyl (C=O) groups is 1. The molecule has 94 valence electrons. The number of hydrogen-bond donors (Lipinski definition) is 3. The second kappa shape index (κ2) is 7.46. The quantitative estimate of drug-likeness (QED) is 0.579. The summed E-state index contributed by atoms with van der Waals surface area (Å²) in [6, 6.07) is -0.0626. The number of piperidine rings is 1. The van der Waals surface area contributed by atoms with Crippen molar-refractivity contribution in [3.05, 3.63) is 0 Å². The molecule has 1 aliphatic heterocycles. The summed E-state index contributed by atoms with van der Waals surface area (Å²) in [6.07, 6.45) is 3.20. The van der Waals surface area contributed by atoms with E-state index in [1.807, 2.05) is 0 Å². The SMILES string of the molecule is CN1CCC(CNC(=O)NCCCN)CC1. The van der Waals surface area contributed by atoms with Gasteiger partial charge in [0.05, 0.1) is 0 Å². The number of amides is 2. The van der Waals surface area contributed by atoms with E-state index >= 15 is 0 Å². The van der Waals surface area contributed by atoms with Crippen LogP contribution in [0.5, 0.6) is 0 Å². The van der Waals surface area contributed by atoms with Crippen LogP contribution in [0.3, 0.4) is 0 Å². The van der Waals surface area contributed by atoms with E-state index in [1.165, 1.54) is 12.8 Å². The fourth-order valence-corrected chi connectivity index (χ4v) is 1.87. The smallest absolute Gasteiger partial charge is 0.314 e. The van der Waals surface area contributed by atoms with Crippen molar-refractivity contribution in [3.63, 3.8) is 0 Å². The molecule has 1 rings (SSSR count). The minimum absolute atomic E-state index is 0.0626. The molecule has 5 heteroatoms. The van der Waals surface area contributed by atoms with E-state index in [1.54, 1.807) is 0 Å². The van der Waals surface area contributed by atoms with Gasteiger partial charge in [0.2, 0.25) is 0 Å². The molecule has 1 saturated heterocycles. The van der Waals surface area contributed by atoms with Crippen molar-refractivity contribution in [1.29, 1.82) is 0 Å². The zero-order chi connectivity index (χ0) is 11.8. The van der Waals surface area contributed by atoms with Crippen LogP contribution in [0.15, 0.2) is 0 Å². The molecule has 0 unspecified atom stereocenters. The normalized spacial score (nSPS) is 18.4. The van der Waals surface area contributed by atoms with Crippen molar-refractivity contribution in [3.8, 4) is 0 Å². The molecule has 0 atom stereocenters. The number of urea groups is 1. The lowest BCUT2D eigenvalue weighted by Crippen LogP contribution is -2.41. The molecule has 1 aliphatic rings. The van der Waals surface area contributed by atoms with E-state index in [2.05, 4.69) is 22.6 Å². The fraction of sp³-hybridized carbons (Fsp3) is 0.909. The van der Waals surface area contributed by atoms with Gasteiger partial charge in [0, 0.05) is 13.1 Å². The molecule has 0 saturated carbocycles. The number of nitrogens with one attached hydrogen (secondary N) is 2. The average Bonchev–Trinajstić information content (AvgIpc) is 2.29. The first-order valence-electron chi connectivity index (χ1n) is 6.12. The topological polar surface area (TPSA) is 70.4 Å². The molecule has 5 nitrogen and oxygen atoms in total. The molecule has 0 radical (unpaired) electrons. The zero-order valence-electron chi connectivity index (χ0n) is 10.2. The van der Waals surface area contributed by atoms with Crippen molar-refractivity contribution in [2.45, 2.75) is 19.3 Å². The van der Waals surface area contributed by atoms with E-state index in [0.717, 1.165) is 26.1 Å². The molecule has 0 spiro atoms. The largest absolute Gasteiger partial charge is 0.338 e. The van der Waals surface area contributed by atoms with Crippen LogP contribution in [0.2, 0.25) is 0 Å². The summed E-state index contributed by atoms with van der Waals surface area (Å²) in [4.78, 5) is 13.7. The number of nitrogens with two attached hydrogens (primary N) is 1. The van der Waals surface area contributed by atoms with Gasteiger partial charge >= 0.3 is 6.03 Å². The van der Waals surface area contributed by atoms with Crippen LogP contribution < -0.4 is 16.4 Å². The minimum atomic E-state index is -0.0626. The monoisotopic (exact) mass is 228 g/mol. The van der Waals surface area contributed by atoms with Crippen LogP contribution >= 0.6 is 0 Å². The second-order valence-electron chi connectivity index (χ2n) is 4.53. The van der Waals surface area contributed by atoms with E-state index in [4.69, 9.17) is 5.73 Å². The Bertz CT molecular complexity index is 202. The van der Waals surface area contributed by atoms with E-state index in [0.29, 0.717) is 19.0 Å². The standard InChI is InChI=1S/C11H24N4O/c1-15-7-3-10(4-8-15)9-14-11(16)13-6-2-5-12/h10H,2-9,12H2,1H3,(H2,13,14,16). The fourth-order valence-electron chi connectivity index (χ4n) is 1.87. The summed E-state index contributed by atoms with van der Waals surface area (Å²) in [5.74, 6) is 0.636. The van der Waals surface area contributed by atoms with Gasteiger partial charge in [-0.3, -0.25) is 0 Å². The Labute approximate surface area is 97.7 Å². The summed E-state index contributed by atoms with van der Waals surface area (Å²) < 4.78 is 0. The van der Waals surface area contributed by atoms with Crippen molar-refractivity contribution in [1.82, 2.24) is 15.5 Å². The van der Waals surface area contributed by atoms with Gasteiger partial charge < -0.3 is 21.3 Å². The average molecular weight is 228 g/mol. The van der Waals surface area contributed by atoms with Gasteiger partial charge in [0.25, 0.3) is 0 Å². The maximum atomic E-state index is 11.4. The van der Waals surface area contributed by atoms with Gasteiger partial charge in [0.15, 0.2) is 0 Å². The number of likely N-dealkylation sites (tertiary alicyclic amines) is 1. The lowest BCUT2D eigenvalue weighted by molar-refractivity contribution is 0.210. The van der Waals surface area contributed by atoms with Gasteiger partial charge in [-0.2, -0.15) is 0 Å². The number of carbonyl (C=O) groups excluding carboxylic acids is 1. The summed E-state index contributed by atoms with van der Waals surface area (Å²) in [5, 5.41) is 5.71. The van der Waals surface area contributed by atoms with Crippen molar-refractivity contribution in [2.75, 3.05) is 39.8 Å². The molecule has 1 heterocycles. The maximum Gasteiger partial charge on any atom is 0.314 e. The lowest BCUT2D eigenvalue weighted by Gasteiger charge is -2.28. The molecular formula is C11H24N4O. The van der Waals surface area contributed by atoms with Gasteiger partial charge in [0.1, 0.15) is 0 Å². The van der Waals surface area contributed by atoms with Crippen molar-refractivity contribution >= 4 is 6.03 Å². The first-order valence-corrected chi connectivity index (χ1v) is 6.12. The minimum Gasteiger partial charge on any atom is -0.338 e. The highest BCUT2D eigenvalue weighted by Gasteiger charge is 2.16. The Morgan fingerprint density at radius 1 is 1.38 bits per heavy atom.